The maximum atomic E-state index is 10.7. The number of aliphatic hydroxyl groups excluding tert-OH is 1. The highest BCUT2D eigenvalue weighted by atomic mass is 79.9. The predicted octanol–water partition coefficient (Wildman–Crippen LogP) is 3.92. The number of hydrogen-bond acceptors (Lipinski definition) is 2. The van der Waals surface area contributed by atoms with E-state index in [4.69, 9.17) is 0 Å². The van der Waals surface area contributed by atoms with E-state index in [-0.39, 0.29) is 5.92 Å². The molecule has 1 aliphatic rings. The van der Waals surface area contributed by atoms with E-state index in [0.29, 0.717) is 0 Å². The van der Waals surface area contributed by atoms with Gasteiger partial charge < -0.3 is 5.11 Å². The van der Waals surface area contributed by atoms with Crippen LogP contribution in [0.25, 0.3) is 0 Å². The minimum absolute atomic E-state index is 0.106. The molecule has 0 amide bonds. The van der Waals surface area contributed by atoms with Crippen LogP contribution in [0, 0.1) is 6.92 Å². The Hall–Kier alpha value is -1.19. The molecule has 2 unspecified atom stereocenters. The van der Waals surface area contributed by atoms with Crippen LogP contribution in [0.5, 0.6) is 0 Å². The minimum atomic E-state index is -0.495. The second-order valence-electron chi connectivity index (χ2n) is 5.12. The van der Waals surface area contributed by atoms with E-state index in [2.05, 4.69) is 27.0 Å². The quantitative estimate of drug-likeness (QED) is 0.910. The summed E-state index contributed by atoms with van der Waals surface area (Å²) in [5, 5.41) is 10.7. The molecule has 0 radical (unpaired) electrons. The van der Waals surface area contributed by atoms with Crippen molar-refractivity contribution in [2.75, 3.05) is 0 Å². The summed E-state index contributed by atoms with van der Waals surface area (Å²) in [6.45, 7) is 2.04. The standard InChI is InChI=1S/C16H16BrNO/c1-10-4-2-6-12(14(10)17)16(19)13-8-7-11-5-3-9-18-15(11)13/h2-6,9,13,16,19H,7-8H2,1H3. The molecule has 0 bridgehead atoms. The Morgan fingerprint density at radius 2 is 2.16 bits per heavy atom. The van der Waals surface area contributed by atoms with Crippen molar-refractivity contribution in [2.45, 2.75) is 31.8 Å². The van der Waals surface area contributed by atoms with Gasteiger partial charge in [0.15, 0.2) is 0 Å². The highest BCUT2D eigenvalue weighted by Gasteiger charge is 2.31. The van der Waals surface area contributed by atoms with Crippen LogP contribution < -0.4 is 0 Å². The molecule has 1 aliphatic carbocycles. The average Bonchev–Trinajstić information content (AvgIpc) is 2.85. The molecule has 0 saturated heterocycles. The van der Waals surface area contributed by atoms with E-state index >= 15 is 0 Å². The van der Waals surface area contributed by atoms with Gasteiger partial charge in [0.1, 0.15) is 0 Å². The van der Waals surface area contributed by atoms with Crippen molar-refractivity contribution in [2.24, 2.45) is 0 Å². The fourth-order valence-electron chi connectivity index (χ4n) is 2.87. The Morgan fingerprint density at radius 1 is 1.32 bits per heavy atom. The number of aliphatic hydroxyl groups is 1. The molecule has 0 spiro atoms. The zero-order chi connectivity index (χ0) is 13.4. The third-order valence-electron chi connectivity index (χ3n) is 3.92. The molecule has 1 aromatic carbocycles. The Kier molecular flexibility index (Phi) is 3.42. The van der Waals surface area contributed by atoms with E-state index in [1.54, 1.807) is 0 Å². The summed E-state index contributed by atoms with van der Waals surface area (Å²) in [6, 6.07) is 10.1. The van der Waals surface area contributed by atoms with Crippen LogP contribution in [-0.2, 0) is 6.42 Å². The first kappa shape index (κ1) is 12.8. The van der Waals surface area contributed by atoms with Crippen molar-refractivity contribution < 1.29 is 5.11 Å². The normalized spacial score (nSPS) is 19.2. The first-order valence-electron chi connectivity index (χ1n) is 6.55. The first-order chi connectivity index (χ1) is 9.18. The van der Waals surface area contributed by atoms with Gasteiger partial charge in [0, 0.05) is 22.3 Å². The first-order valence-corrected chi connectivity index (χ1v) is 7.34. The van der Waals surface area contributed by atoms with Gasteiger partial charge in [0.05, 0.1) is 6.10 Å². The molecule has 1 N–H and O–H groups in total. The van der Waals surface area contributed by atoms with Crippen LogP contribution in [0.3, 0.4) is 0 Å². The molecule has 2 nitrogen and oxygen atoms in total. The van der Waals surface area contributed by atoms with Gasteiger partial charge in [0.25, 0.3) is 0 Å². The van der Waals surface area contributed by atoms with Gasteiger partial charge >= 0.3 is 0 Å². The summed E-state index contributed by atoms with van der Waals surface area (Å²) in [5.41, 5.74) is 4.44. The van der Waals surface area contributed by atoms with Gasteiger partial charge in [-0.25, -0.2) is 0 Å². The van der Waals surface area contributed by atoms with Gasteiger partial charge in [-0.3, -0.25) is 4.98 Å². The highest BCUT2D eigenvalue weighted by Crippen LogP contribution is 2.42. The van der Waals surface area contributed by atoms with Crippen molar-refractivity contribution in [3.8, 4) is 0 Å². The van der Waals surface area contributed by atoms with Crippen molar-refractivity contribution in [1.82, 2.24) is 4.98 Å². The molecule has 19 heavy (non-hydrogen) atoms. The van der Waals surface area contributed by atoms with E-state index in [1.807, 2.05) is 37.4 Å². The highest BCUT2D eigenvalue weighted by molar-refractivity contribution is 9.10. The summed E-state index contributed by atoms with van der Waals surface area (Å²) < 4.78 is 1.01. The molecule has 0 fully saturated rings. The van der Waals surface area contributed by atoms with Crippen LogP contribution >= 0.6 is 15.9 Å². The maximum Gasteiger partial charge on any atom is 0.0884 e. The third kappa shape index (κ3) is 2.21. The number of benzene rings is 1. The van der Waals surface area contributed by atoms with Crippen LogP contribution in [0.2, 0.25) is 0 Å². The SMILES string of the molecule is Cc1cccc(C(O)C2CCc3cccnc32)c1Br. The molecule has 1 heterocycles. The van der Waals surface area contributed by atoms with E-state index < -0.39 is 6.10 Å². The number of aryl methyl sites for hydroxylation is 2. The number of pyridine rings is 1. The largest absolute Gasteiger partial charge is 0.388 e. The lowest BCUT2D eigenvalue weighted by atomic mass is 9.92. The van der Waals surface area contributed by atoms with E-state index in [0.717, 1.165) is 34.1 Å². The topological polar surface area (TPSA) is 33.1 Å². The van der Waals surface area contributed by atoms with E-state index in [1.165, 1.54) is 5.56 Å². The Labute approximate surface area is 121 Å². The molecule has 0 aliphatic heterocycles. The number of hydrogen-bond donors (Lipinski definition) is 1. The van der Waals surface area contributed by atoms with Gasteiger partial charge in [-0.05, 0) is 42.5 Å². The number of aromatic nitrogens is 1. The molecule has 0 saturated carbocycles. The van der Waals surface area contributed by atoms with E-state index in [9.17, 15) is 5.11 Å². The molecular weight excluding hydrogens is 302 g/mol. The van der Waals surface area contributed by atoms with Crippen LogP contribution in [0.1, 0.15) is 40.8 Å². The lowest BCUT2D eigenvalue weighted by Gasteiger charge is -2.20. The monoisotopic (exact) mass is 317 g/mol. The van der Waals surface area contributed by atoms with Crippen LogP contribution in [-0.4, -0.2) is 10.1 Å². The molecule has 3 heteroatoms. The maximum absolute atomic E-state index is 10.7. The number of fused-ring (bicyclic) bond motifs is 1. The minimum Gasteiger partial charge on any atom is -0.388 e. The van der Waals surface area contributed by atoms with Crippen LogP contribution in [0.15, 0.2) is 41.0 Å². The molecule has 2 atom stereocenters. The molecule has 3 rings (SSSR count). The lowest BCUT2D eigenvalue weighted by molar-refractivity contribution is 0.142. The van der Waals surface area contributed by atoms with Gasteiger partial charge in [-0.1, -0.05) is 40.2 Å². The third-order valence-corrected chi connectivity index (χ3v) is 5.01. The number of nitrogens with zero attached hydrogens (tertiary/aromatic N) is 1. The molecule has 98 valence electrons. The Bertz CT molecular complexity index is 611. The second kappa shape index (κ2) is 5.06. The zero-order valence-electron chi connectivity index (χ0n) is 10.8. The van der Waals surface area contributed by atoms with Crippen molar-refractivity contribution in [3.05, 3.63) is 63.4 Å². The van der Waals surface area contributed by atoms with Crippen molar-refractivity contribution in [3.63, 3.8) is 0 Å². The van der Waals surface area contributed by atoms with Crippen LogP contribution in [0.4, 0.5) is 0 Å². The summed E-state index contributed by atoms with van der Waals surface area (Å²) in [6.07, 6.45) is 3.29. The fraction of sp³-hybridized carbons (Fsp3) is 0.312. The summed E-state index contributed by atoms with van der Waals surface area (Å²) in [5.74, 6) is 0.106. The van der Waals surface area contributed by atoms with Crippen molar-refractivity contribution in [1.29, 1.82) is 0 Å². The van der Waals surface area contributed by atoms with Crippen molar-refractivity contribution >= 4 is 15.9 Å². The molecular formula is C16H16BrNO. The summed E-state index contributed by atoms with van der Waals surface area (Å²) in [7, 11) is 0. The summed E-state index contributed by atoms with van der Waals surface area (Å²) >= 11 is 3.59. The van der Waals surface area contributed by atoms with Gasteiger partial charge in [-0.2, -0.15) is 0 Å². The Balaban J connectivity index is 1.98. The number of rotatable bonds is 2. The molecule has 1 aromatic heterocycles. The number of halogens is 1. The zero-order valence-corrected chi connectivity index (χ0v) is 12.4. The second-order valence-corrected chi connectivity index (χ2v) is 5.91. The fourth-order valence-corrected chi connectivity index (χ4v) is 3.37. The van der Waals surface area contributed by atoms with Gasteiger partial charge in [-0.15, -0.1) is 0 Å². The predicted molar refractivity (Wildman–Crippen MR) is 79.1 cm³/mol. The average molecular weight is 318 g/mol. The summed E-state index contributed by atoms with van der Waals surface area (Å²) in [4.78, 5) is 4.46. The lowest BCUT2D eigenvalue weighted by Crippen LogP contribution is -2.10. The Morgan fingerprint density at radius 3 is 3.00 bits per heavy atom. The molecule has 2 aromatic rings. The smallest absolute Gasteiger partial charge is 0.0884 e. The van der Waals surface area contributed by atoms with Gasteiger partial charge in [0.2, 0.25) is 0 Å².